The molecule has 1 heterocycles. The number of nitrogens with zero attached hydrogens (tertiary/aromatic N) is 2. The Kier molecular flexibility index (Phi) is 7.43. The minimum atomic E-state index is -0.538. The summed E-state index contributed by atoms with van der Waals surface area (Å²) < 4.78 is 13.8. The van der Waals surface area contributed by atoms with Gasteiger partial charge in [-0.05, 0) is 25.0 Å². The number of benzene rings is 1. The van der Waals surface area contributed by atoms with Crippen molar-refractivity contribution >= 4 is 17.8 Å². The molecule has 0 spiro atoms. The van der Waals surface area contributed by atoms with Crippen LogP contribution in [-0.4, -0.2) is 66.4 Å². The zero-order valence-electron chi connectivity index (χ0n) is 16.7. The number of halogens is 1. The first-order valence-corrected chi connectivity index (χ1v) is 10.4. The van der Waals surface area contributed by atoms with E-state index in [0.29, 0.717) is 26.2 Å². The lowest BCUT2D eigenvalue weighted by molar-refractivity contribution is -0.121. The summed E-state index contributed by atoms with van der Waals surface area (Å²) in [4.78, 5) is 39.9. The van der Waals surface area contributed by atoms with Crippen molar-refractivity contribution in [2.75, 3.05) is 32.7 Å². The zero-order chi connectivity index (χ0) is 20.6. The van der Waals surface area contributed by atoms with Gasteiger partial charge < -0.3 is 20.4 Å². The first-order chi connectivity index (χ1) is 14.0. The molecule has 1 aliphatic heterocycles. The number of hydrogen-bond acceptors (Lipinski definition) is 3. The van der Waals surface area contributed by atoms with Gasteiger partial charge in [0.15, 0.2) is 0 Å². The fraction of sp³-hybridized carbons (Fsp3) is 0.571. The lowest BCUT2D eigenvalue weighted by atomic mass is 9.95. The average molecular weight is 404 g/mol. The number of nitrogens with one attached hydrogen (secondary N) is 2. The fourth-order valence-corrected chi connectivity index (χ4v) is 3.86. The van der Waals surface area contributed by atoms with Crippen LogP contribution in [0.25, 0.3) is 0 Å². The molecule has 1 aromatic carbocycles. The molecule has 29 heavy (non-hydrogen) atoms. The molecule has 0 unspecified atom stereocenters. The largest absolute Gasteiger partial charge is 0.353 e. The van der Waals surface area contributed by atoms with Crippen molar-refractivity contribution in [3.8, 4) is 0 Å². The predicted octanol–water partition coefficient (Wildman–Crippen LogP) is 2.13. The van der Waals surface area contributed by atoms with Crippen molar-refractivity contribution in [1.29, 1.82) is 0 Å². The quantitative estimate of drug-likeness (QED) is 0.789. The minimum Gasteiger partial charge on any atom is -0.353 e. The number of piperazine rings is 1. The van der Waals surface area contributed by atoms with E-state index in [-0.39, 0.29) is 42.4 Å². The Bertz CT molecular complexity index is 728. The highest BCUT2D eigenvalue weighted by Crippen LogP contribution is 2.17. The summed E-state index contributed by atoms with van der Waals surface area (Å²) in [6.07, 6.45) is 5.89. The summed E-state index contributed by atoms with van der Waals surface area (Å²) in [5.74, 6) is -0.927. The summed E-state index contributed by atoms with van der Waals surface area (Å²) >= 11 is 0. The van der Waals surface area contributed by atoms with Gasteiger partial charge in [0.25, 0.3) is 5.91 Å². The maximum Gasteiger partial charge on any atom is 0.317 e. The monoisotopic (exact) mass is 404 g/mol. The van der Waals surface area contributed by atoms with E-state index in [0.717, 1.165) is 25.7 Å². The van der Waals surface area contributed by atoms with Crippen LogP contribution in [0.1, 0.15) is 48.9 Å². The van der Waals surface area contributed by atoms with E-state index in [1.165, 1.54) is 18.6 Å². The highest BCUT2D eigenvalue weighted by Gasteiger charge is 2.26. The maximum atomic E-state index is 13.8. The Labute approximate surface area is 170 Å². The third kappa shape index (κ3) is 5.92. The minimum absolute atomic E-state index is 0.0301. The summed E-state index contributed by atoms with van der Waals surface area (Å²) in [6.45, 7) is 1.73. The molecule has 0 bridgehead atoms. The van der Waals surface area contributed by atoms with Gasteiger partial charge in [-0.15, -0.1) is 0 Å². The van der Waals surface area contributed by atoms with Gasteiger partial charge >= 0.3 is 6.03 Å². The summed E-state index contributed by atoms with van der Waals surface area (Å²) in [7, 11) is 0. The smallest absolute Gasteiger partial charge is 0.317 e. The van der Waals surface area contributed by atoms with Gasteiger partial charge in [0.2, 0.25) is 5.91 Å². The Morgan fingerprint density at radius 3 is 2.31 bits per heavy atom. The molecule has 2 N–H and O–H groups in total. The number of rotatable bonds is 5. The van der Waals surface area contributed by atoms with Crippen LogP contribution < -0.4 is 10.6 Å². The van der Waals surface area contributed by atoms with Crippen molar-refractivity contribution in [2.45, 2.75) is 44.6 Å². The van der Waals surface area contributed by atoms with E-state index < -0.39 is 5.82 Å². The lowest BCUT2D eigenvalue weighted by Crippen LogP contribution is -2.53. The van der Waals surface area contributed by atoms with E-state index in [1.54, 1.807) is 21.9 Å². The second-order valence-electron chi connectivity index (χ2n) is 7.64. The van der Waals surface area contributed by atoms with E-state index in [2.05, 4.69) is 10.6 Å². The molecule has 1 saturated heterocycles. The molecule has 0 aromatic heterocycles. The van der Waals surface area contributed by atoms with Gasteiger partial charge in [-0.1, -0.05) is 31.4 Å². The Morgan fingerprint density at radius 1 is 0.966 bits per heavy atom. The molecule has 1 aliphatic carbocycles. The molecule has 0 radical (unpaired) electrons. The maximum absolute atomic E-state index is 13.8. The van der Waals surface area contributed by atoms with Gasteiger partial charge in [0.05, 0.1) is 5.56 Å². The van der Waals surface area contributed by atoms with Gasteiger partial charge in [0, 0.05) is 45.2 Å². The molecule has 2 aliphatic rings. The van der Waals surface area contributed by atoms with Crippen LogP contribution >= 0.6 is 0 Å². The van der Waals surface area contributed by atoms with E-state index in [4.69, 9.17) is 0 Å². The molecule has 1 aromatic rings. The number of amides is 4. The summed E-state index contributed by atoms with van der Waals surface area (Å²) in [6, 6.07) is 5.94. The van der Waals surface area contributed by atoms with Gasteiger partial charge in [-0.2, -0.15) is 0 Å². The Morgan fingerprint density at radius 2 is 1.62 bits per heavy atom. The van der Waals surface area contributed by atoms with Gasteiger partial charge in [0.1, 0.15) is 5.82 Å². The molecule has 0 atom stereocenters. The van der Waals surface area contributed by atoms with E-state index in [9.17, 15) is 18.8 Å². The summed E-state index contributed by atoms with van der Waals surface area (Å²) in [5.41, 5.74) is 0.0504. The number of carbonyl (C=O) groups is 3. The summed E-state index contributed by atoms with van der Waals surface area (Å²) in [5, 5.41) is 5.80. The van der Waals surface area contributed by atoms with Gasteiger partial charge in [-0.3, -0.25) is 9.59 Å². The molecular weight excluding hydrogens is 375 g/mol. The first kappa shape index (κ1) is 21.1. The number of urea groups is 1. The average Bonchev–Trinajstić information content (AvgIpc) is 2.74. The number of hydrogen-bond donors (Lipinski definition) is 2. The van der Waals surface area contributed by atoms with Crippen molar-refractivity contribution < 1.29 is 18.8 Å². The van der Waals surface area contributed by atoms with Crippen molar-refractivity contribution in [1.82, 2.24) is 20.4 Å². The highest BCUT2D eigenvalue weighted by molar-refractivity contribution is 5.94. The molecule has 2 fully saturated rings. The van der Waals surface area contributed by atoms with Crippen LogP contribution in [-0.2, 0) is 4.79 Å². The predicted molar refractivity (Wildman–Crippen MR) is 107 cm³/mol. The molecular formula is C21H29FN4O3. The zero-order valence-corrected chi connectivity index (χ0v) is 16.7. The molecule has 8 heteroatoms. The number of carbonyl (C=O) groups excluding carboxylic acids is 3. The van der Waals surface area contributed by atoms with E-state index in [1.807, 2.05) is 0 Å². The highest BCUT2D eigenvalue weighted by atomic mass is 19.1. The van der Waals surface area contributed by atoms with Crippen LogP contribution in [0.5, 0.6) is 0 Å². The normalized spacial score (nSPS) is 17.7. The fourth-order valence-electron chi connectivity index (χ4n) is 3.86. The van der Waals surface area contributed by atoms with Crippen molar-refractivity contribution in [2.24, 2.45) is 0 Å². The first-order valence-electron chi connectivity index (χ1n) is 10.4. The second-order valence-corrected chi connectivity index (χ2v) is 7.64. The topological polar surface area (TPSA) is 81.8 Å². The molecule has 3 rings (SSSR count). The van der Waals surface area contributed by atoms with Gasteiger partial charge in [-0.25, -0.2) is 9.18 Å². The van der Waals surface area contributed by atoms with Crippen LogP contribution in [0.2, 0.25) is 0 Å². The van der Waals surface area contributed by atoms with E-state index >= 15 is 0 Å². The van der Waals surface area contributed by atoms with Crippen LogP contribution in [0, 0.1) is 5.82 Å². The SMILES string of the molecule is O=C(CCNC(=O)N1CCN(C(=O)c2ccccc2F)CC1)NC1CCCCC1. The Hall–Kier alpha value is -2.64. The second kappa shape index (κ2) is 10.2. The molecule has 158 valence electrons. The van der Waals surface area contributed by atoms with Crippen LogP contribution in [0.3, 0.4) is 0 Å². The lowest BCUT2D eigenvalue weighted by Gasteiger charge is -2.34. The molecule has 7 nitrogen and oxygen atoms in total. The Balaban J connectivity index is 1.36. The van der Waals surface area contributed by atoms with Crippen molar-refractivity contribution in [3.05, 3.63) is 35.6 Å². The third-order valence-corrected chi connectivity index (χ3v) is 5.56. The standard InChI is InChI=1S/C21H29FN4O3/c22-18-9-5-4-8-17(18)20(28)25-12-14-26(15-13-25)21(29)23-11-10-19(27)24-16-6-2-1-3-7-16/h4-5,8-9,16H,1-3,6-7,10-15H2,(H,23,29)(H,24,27). The molecule has 1 saturated carbocycles. The third-order valence-electron chi connectivity index (χ3n) is 5.56. The van der Waals surface area contributed by atoms with Crippen LogP contribution in [0.4, 0.5) is 9.18 Å². The van der Waals surface area contributed by atoms with Crippen molar-refractivity contribution in [3.63, 3.8) is 0 Å². The molecule has 4 amide bonds. The van der Waals surface area contributed by atoms with Crippen LogP contribution in [0.15, 0.2) is 24.3 Å².